The molecule has 7 heteroatoms. The van der Waals surface area contributed by atoms with Crippen molar-refractivity contribution < 1.29 is 4.74 Å². The summed E-state index contributed by atoms with van der Waals surface area (Å²) in [4.78, 5) is 19.4. The summed E-state index contributed by atoms with van der Waals surface area (Å²) in [6.07, 6.45) is 7.70. The maximum atomic E-state index is 5.74. The van der Waals surface area contributed by atoms with Gasteiger partial charge in [-0.1, -0.05) is 0 Å². The summed E-state index contributed by atoms with van der Waals surface area (Å²) in [7, 11) is 0. The lowest BCUT2D eigenvalue weighted by molar-refractivity contribution is 0.251. The largest absolute Gasteiger partial charge is 0.476 e. The molecular formula is C16H17N5OS. The van der Waals surface area contributed by atoms with Crippen molar-refractivity contribution >= 4 is 27.4 Å². The van der Waals surface area contributed by atoms with Crippen molar-refractivity contribution in [3.8, 4) is 5.88 Å². The van der Waals surface area contributed by atoms with Gasteiger partial charge in [-0.25, -0.2) is 15.0 Å². The minimum atomic E-state index is 0.475. The summed E-state index contributed by atoms with van der Waals surface area (Å²) in [5.74, 6) is 2.11. The predicted octanol–water partition coefficient (Wildman–Crippen LogP) is 2.70. The fourth-order valence-electron chi connectivity index (χ4n) is 2.91. The molecule has 0 aromatic carbocycles. The van der Waals surface area contributed by atoms with Gasteiger partial charge in [0.1, 0.15) is 12.1 Å². The Bertz CT molecular complexity index is 807. The van der Waals surface area contributed by atoms with Gasteiger partial charge in [0.25, 0.3) is 0 Å². The number of thiophene rings is 1. The Balaban J connectivity index is 1.45. The molecule has 4 heterocycles. The fraction of sp³-hybridized carbons (Fsp3) is 0.375. The molecule has 118 valence electrons. The van der Waals surface area contributed by atoms with Crippen LogP contribution in [-0.4, -0.2) is 39.6 Å². The van der Waals surface area contributed by atoms with Gasteiger partial charge in [-0.3, -0.25) is 4.98 Å². The molecule has 1 atom stereocenters. The van der Waals surface area contributed by atoms with E-state index < -0.39 is 0 Å². The van der Waals surface area contributed by atoms with Crippen LogP contribution in [0.3, 0.4) is 0 Å². The van der Waals surface area contributed by atoms with Crippen molar-refractivity contribution in [2.24, 2.45) is 5.92 Å². The van der Waals surface area contributed by atoms with Crippen LogP contribution in [0.2, 0.25) is 0 Å². The molecule has 0 N–H and O–H groups in total. The molecule has 1 saturated heterocycles. The average molecular weight is 327 g/mol. The smallest absolute Gasteiger partial charge is 0.232 e. The highest BCUT2D eigenvalue weighted by Crippen LogP contribution is 2.33. The molecular weight excluding hydrogens is 310 g/mol. The number of hydrogen-bond donors (Lipinski definition) is 0. The van der Waals surface area contributed by atoms with E-state index in [9.17, 15) is 0 Å². The van der Waals surface area contributed by atoms with Crippen LogP contribution in [-0.2, 0) is 0 Å². The third kappa shape index (κ3) is 2.84. The van der Waals surface area contributed by atoms with Crippen LogP contribution in [0.25, 0.3) is 10.2 Å². The third-order valence-electron chi connectivity index (χ3n) is 4.10. The Labute approximate surface area is 138 Å². The number of aromatic nitrogens is 4. The van der Waals surface area contributed by atoms with E-state index >= 15 is 0 Å². The van der Waals surface area contributed by atoms with E-state index in [1.54, 1.807) is 36.3 Å². The topological polar surface area (TPSA) is 64.0 Å². The number of aryl methyl sites for hydroxylation is 1. The summed E-state index contributed by atoms with van der Waals surface area (Å²) in [5, 5.41) is 2.15. The first kappa shape index (κ1) is 14.3. The molecule has 0 amide bonds. The molecule has 0 saturated carbocycles. The van der Waals surface area contributed by atoms with E-state index in [0.29, 0.717) is 18.4 Å². The zero-order valence-corrected chi connectivity index (χ0v) is 13.7. The highest BCUT2D eigenvalue weighted by molar-refractivity contribution is 7.18. The van der Waals surface area contributed by atoms with Crippen molar-refractivity contribution in [3.05, 3.63) is 35.9 Å². The quantitative estimate of drug-likeness (QED) is 0.734. The number of anilines is 1. The first-order valence-corrected chi connectivity index (χ1v) is 8.52. The molecule has 0 spiro atoms. The number of ether oxygens (including phenoxy) is 1. The van der Waals surface area contributed by atoms with Gasteiger partial charge in [-0.15, -0.1) is 11.3 Å². The van der Waals surface area contributed by atoms with Gasteiger partial charge < -0.3 is 9.64 Å². The van der Waals surface area contributed by atoms with Gasteiger partial charge in [0, 0.05) is 31.4 Å². The summed E-state index contributed by atoms with van der Waals surface area (Å²) in [5.41, 5.74) is 2.29. The van der Waals surface area contributed by atoms with Crippen LogP contribution in [0.1, 0.15) is 12.0 Å². The summed E-state index contributed by atoms with van der Waals surface area (Å²) < 4.78 is 6.92. The van der Waals surface area contributed by atoms with Crippen LogP contribution in [0, 0.1) is 12.8 Å². The zero-order valence-electron chi connectivity index (χ0n) is 12.8. The highest BCUT2D eigenvalue weighted by atomic mass is 32.1. The summed E-state index contributed by atoms with van der Waals surface area (Å²) in [6.45, 7) is 4.70. The van der Waals surface area contributed by atoms with Gasteiger partial charge in [-0.2, -0.15) is 0 Å². The number of nitrogens with zero attached hydrogens (tertiary/aromatic N) is 5. The molecule has 1 fully saturated rings. The fourth-order valence-corrected chi connectivity index (χ4v) is 3.93. The Morgan fingerprint density at radius 2 is 2.26 bits per heavy atom. The molecule has 1 unspecified atom stereocenters. The predicted molar refractivity (Wildman–Crippen MR) is 90.0 cm³/mol. The summed E-state index contributed by atoms with van der Waals surface area (Å²) in [6, 6.07) is 0. The van der Waals surface area contributed by atoms with Gasteiger partial charge in [0.15, 0.2) is 0 Å². The van der Waals surface area contributed by atoms with Crippen molar-refractivity contribution in [1.29, 1.82) is 0 Å². The lowest BCUT2D eigenvalue weighted by Gasteiger charge is -2.18. The Hall–Kier alpha value is -2.28. The second kappa shape index (κ2) is 6.08. The second-order valence-corrected chi connectivity index (χ2v) is 6.63. The van der Waals surface area contributed by atoms with Crippen molar-refractivity contribution in [2.45, 2.75) is 13.3 Å². The molecule has 3 aromatic rings. The van der Waals surface area contributed by atoms with Crippen molar-refractivity contribution in [1.82, 2.24) is 19.9 Å². The maximum absolute atomic E-state index is 5.74. The average Bonchev–Trinajstić information content (AvgIpc) is 3.21. The lowest BCUT2D eigenvalue weighted by atomic mass is 10.1. The van der Waals surface area contributed by atoms with Gasteiger partial charge >= 0.3 is 0 Å². The Morgan fingerprint density at radius 3 is 3.13 bits per heavy atom. The van der Waals surface area contributed by atoms with E-state index in [1.807, 2.05) is 0 Å². The molecule has 0 bridgehead atoms. The number of rotatable bonds is 4. The standard InChI is InChI=1S/C16H17N5OS/c1-11-9-23-15-14(11)19-10-20-16(15)21-5-2-12(7-21)8-22-13-6-17-3-4-18-13/h3-4,6,9-10,12H,2,5,7-8H2,1H3. The van der Waals surface area contributed by atoms with E-state index in [1.165, 1.54) is 10.3 Å². The van der Waals surface area contributed by atoms with Crippen LogP contribution in [0.15, 0.2) is 30.3 Å². The van der Waals surface area contributed by atoms with E-state index in [2.05, 4.69) is 37.1 Å². The molecule has 0 aliphatic carbocycles. The molecule has 23 heavy (non-hydrogen) atoms. The zero-order chi connectivity index (χ0) is 15.6. The van der Waals surface area contributed by atoms with Crippen molar-refractivity contribution in [2.75, 3.05) is 24.6 Å². The van der Waals surface area contributed by atoms with E-state index in [0.717, 1.165) is 30.8 Å². The molecule has 3 aromatic heterocycles. The Kier molecular flexibility index (Phi) is 3.78. The minimum absolute atomic E-state index is 0.475. The van der Waals surface area contributed by atoms with Crippen molar-refractivity contribution in [3.63, 3.8) is 0 Å². The van der Waals surface area contributed by atoms with Gasteiger partial charge in [0.05, 0.1) is 23.0 Å². The summed E-state index contributed by atoms with van der Waals surface area (Å²) >= 11 is 1.72. The van der Waals surface area contributed by atoms with E-state index in [-0.39, 0.29) is 0 Å². The third-order valence-corrected chi connectivity index (χ3v) is 5.19. The minimum Gasteiger partial charge on any atom is -0.476 e. The number of hydrogen-bond acceptors (Lipinski definition) is 7. The SMILES string of the molecule is Cc1csc2c(N3CCC(COc4cnccn4)C3)ncnc12. The van der Waals surface area contributed by atoms with Crippen LogP contribution < -0.4 is 9.64 Å². The number of fused-ring (bicyclic) bond motifs is 1. The second-order valence-electron chi connectivity index (χ2n) is 5.75. The monoisotopic (exact) mass is 327 g/mol. The maximum Gasteiger partial charge on any atom is 0.232 e. The molecule has 0 radical (unpaired) electrons. The molecule has 6 nitrogen and oxygen atoms in total. The first-order valence-electron chi connectivity index (χ1n) is 7.64. The lowest BCUT2D eigenvalue weighted by Crippen LogP contribution is -2.23. The first-order chi connectivity index (χ1) is 11.3. The van der Waals surface area contributed by atoms with Crippen LogP contribution in [0.5, 0.6) is 5.88 Å². The van der Waals surface area contributed by atoms with Crippen LogP contribution in [0.4, 0.5) is 5.82 Å². The van der Waals surface area contributed by atoms with E-state index in [4.69, 9.17) is 4.74 Å². The van der Waals surface area contributed by atoms with Crippen LogP contribution >= 0.6 is 11.3 Å². The Morgan fingerprint density at radius 1 is 1.30 bits per heavy atom. The molecule has 4 rings (SSSR count). The highest BCUT2D eigenvalue weighted by Gasteiger charge is 2.26. The molecule has 1 aliphatic heterocycles. The normalized spacial score (nSPS) is 17.8. The van der Waals surface area contributed by atoms with Gasteiger partial charge in [0.2, 0.25) is 5.88 Å². The van der Waals surface area contributed by atoms with Gasteiger partial charge in [-0.05, 0) is 24.3 Å². The molecule has 1 aliphatic rings.